The summed E-state index contributed by atoms with van der Waals surface area (Å²) in [5, 5.41) is 3.54. The van der Waals surface area contributed by atoms with Gasteiger partial charge in [0.15, 0.2) is 0 Å². The predicted molar refractivity (Wildman–Crippen MR) is 122 cm³/mol. The van der Waals surface area contributed by atoms with Crippen LogP contribution >= 0.6 is 11.6 Å². The van der Waals surface area contributed by atoms with Gasteiger partial charge in [-0.3, -0.25) is 4.79 Å². The van der Waals surface area contributed by atoms with Crippen molar-refractivity contribution in [2.45, 2.75) is 40.2 Å². The van der Waals surface area contributed by atoms with E-state index in [-0.39, 0.29) is 11.3 Å². The molecule has 5 heteroatoms. The quantitative estimate of drug-likeness (QED) is 0.487. The van der Waals surface area contributed by atoms with Gasteiger partial charge < -0.3 is 10.1 Å². The maximum Gasteiger partial charge on any atom is 0.226 e. The molecule has 1 heterocycles. The van der Waals surface area contributed by atoms with E-state index in [1.54, 1.807) is 6.07 Å². The monoisotopic (exact) mass is 422 g/mol. The number of aromatic nitrogens is 1. The van der Waals surface area contributed by atoms with Gasteiger partial charge in [0.25, 0.3) is 0 Å². The van der Waals surface area contributed by atoms with Gasteiger partial charge in [-0.25, -0.2) is 4.98 Å². The topological polar surface area (TPSA) is 51.2 Å². The van der Waals surface area contributed by atoms with Gasteiger partial charge in [0, 0.05) is 29.1 Å². The molecular weight excluding hydrogens is 396 g/mol. The Balaban J connectivity index is 1.72. The van der Waals surface area contributed by atoms with E-state index in [4.69, 9.17) is 16.3 Å². The Kier molecular flexibility index (Phi) is 7.11. The van der Waals surface area contributed by atoms with Crippen LogP contribution in [0, 0.1) is 5.41 Å². The summed E-state index contributed by atoms with van der Waals surface area (Å²) >= 11 is 6.23. The fourth-order valence-electron chi connectivity index (χ4n) is 3.07. The molecule has 3 rings (SSSR count). The van der Waals surface area contributed by atoms with Gasteiger partial charge in [-0.1, -0.05) is 68.8 Å². The molecule has 0 aliphatic rings. The number of nitrogens with zero attached hydrogens (tertiary/aromatic N) is 1. The lowest BCUT2D eigenvalue weighted by Gasteiger charge is -2.17. The Hall–Kier alpha value is -2.85. The summed E-state index contributed by atoms with van der Waals surface area (Å²) in [5.41, 5.74) is 2.80. The van der Waals surface area contributed by atoms with E-state index in [1.165, 1.54) is 0 Å². The van der Waals surface area contributed by atoms with Crippen molar-refractivity contribution in [1.82, 2.24) is 4.98 Å². The summed E-state index contributed by atoms with van der Waals surface area (Å²) in [6, 6.07) is 21.2. The molecule has 0 bridgehead atoms. The van der Waals surface area contributed by atoms with Crippen molar-refractivity contribution < 1.29 is 9.53 Å². The van der Waals surface area contributed by atoms with Crippen LogP contribution in [0.3, 0.4) is 0 Å². The molecule has 0 radical (unpaired) electrons. The summed E-state index contributed by atoms with van der Waals surface area (Å²) in [5.74, 6) is 1.28. The fraction of sp³-hybridized carbons (Fsp3) is 0.280. The largest absolute Gasteiger partial charge is 0.489 e. The van der Waals surface area contributed by atoms with Crippen LogP contribution in [0.4, 0.5) is 5.82 Å². The Morgan fingerprint density at radius 3 is 2.53 bits per heavy atom. The summed E-state index contributed by atoms with van der Waals surface area (Å²) < 4.78 is 6.04. The van der Waals surface area contributed by atoms with Crippen LogP contribution in [0.25, 0.3) is 0 Å². The molecule has 1 N–H and O–H groups in total. The highest BCUT2D eigenvalue weighted by atomic mass is 35.5. The van der Waals surface area contributed by atoms with E-state index in [0.717, 1.165) is 22.6 Å². The molecule has 30 heavy (non-hydrogen) atoms. The second kappa shape index (κ2) is 9.77. The number of rotatable bonds is 7. The lowest BCUT2D eigenvalue weighted by molar-refractivity contribution is -0.117. The van der Waals surface area contributed by atoms with Crippen LogP contribution in [0.15, 0.2) is 66.7 Å². The van der Waals surface area contributed by atoms with Crippen LogP contribution in [0.5, 0.6) is 5.75 Å². The van der Waals surface area contributed by atoms with Gasteiger partial charge in [-0.15, -0.1) is 0 Å². The average Bonchev–Trinajstić information content (AvgIpc) is 2.67. The number of anilines is 1. The molecule has 0 spiro atoms. The zero-order valence-electron chi connectivity index (χ0n) is 17.6. The molecule has 0 fully saturated rings. The first-order chi connectivity index (χ1) is 14.3. The van der Waals surface area contributed by atoms with E-state index in [9.17, 15) is 4.79 Å². The van der Waals surface area contributed by atoms with Crippen LogP contribution < -0.4 is 10.1 Å². The number of amides is 1. The van der Waals surface area contributed by atoms with Crippen molar-refractivity contribution >= 4 is 23.3 Å². The van der Waals surface area contributed by atoms with Crippen molar-refractivity contribution in [3.8, 4) is 5.75 Å². The molecule has 0 saturated carbocycles. The highest BCUT2D eigenvalue weighted by Crippen LogP contribution is 2.26. The molecule has 3 aromatic rings. The Labute approximate surface area is 183 Å². The second-order valence-electron chi connectivity index (χ2n) is 8.50. The molecule has 2 aromatic carbocycles. The van der Waals surface area contributed by atoms with Gasteiger partial charge >= 0.3 is 0 Å². The Bertz CT molecular complexity index is 998. The standard InChI is InChI=1S/C25H27ClN2O2/c1-25(2,3)16-24(29)28-23-11-7-10-21(27-23)15-19-14-20(26)12-13-22(19)30-17-18-8-5-4-6-9-18/h4-14H,15-17H2,1-3H3,(H,27,28,29). The molecule has 0 atom stereocenters. The maximum absolute atomic E-state index is 12.2. The van der Waals surface area contributed by atoms with E-state index < -0.39 is 0 Å². The predicted octanol–water partition coefficient (Wildman–Crippen LogP) is 6.28. The highest BCUT2D eigenvalue weighted by Gasteiger charge is 2.16. The Morgan fingerprint density at radius 2 is 1.80 bits per heavy atom. The first-order valence-electron chi connectivity index (χ1n) is 9.99. The number of hydrogen-bond acceptors (Lipinski definition) is 3. The van der Waals surface area contributed by atoms with Crippen molar-refractivity contribution in [3.05, 3.63) is 88.6 Å². The smallest absolute Gasteiger partial charge is 0.226 e. The minimum atomic E-state index is -0.0759. The number of nitrogens with one attached hydrogen (secondary N) is 1. The third kappa shape index (κ3) is 6.89. The van der Waals surface area contributed by atoms with E-state index in [0.29, 0.717) is 30.3 Å². The number of pyridine rings is 1. The summed E-state index contributed by atoms with van der Waals surface area (Å²) in [6.07, 6.45) is 0.984. The second-order valence-corrected chi connectivity index (χ2v) is 8.94. The van der Waals surface area contributed by atoms with Crippen LogP contribution in [0.1, 0.15) is 44.0 Å². The third-order valence-corrected chi connectivity index (χ3v) is 4.63. The molecular formula is C25H27ClN2O2. The zero-order chi connectivity index (χ0) is 21.6. The van der Waals surface area contributed by atoms with Gasteiger partial charge in [0.1, 0.15) is 18.2 Å². The number of carbonyl (C=O) groups excluding carboxylic acids is 1. The van der Waals surface area contributed by atoms with Crippen molar-refractivity contribution in [3.63, 3.8) is 0 Å². The Morgan fingerprint density at radius 1 is 1.03 bits per heavy atom. The molecule has 1 amide bonds. The average molecular weight is 423 g/mol. The minimum absolute atomic E-state index is 0.0400. The molecule has 0 unspecified atom stereocenters. The van der Waals surface area contributed by atoms with E-state index in [2.05, 4.69) is 10.3 Å². The highest BCUT2D eigenvalue weighted by molar-refractivity contribution is 6.30. The number of hydrogen-bond donors (Lipinski definition) is 1. The van der Waals surface area contributed by atoms with Gasteiger partial charge in [-0.2, -0.15) is 0 Å². The molecule has 0 aliphatic heterocycles. The normalized spacial score (nSPS) is 11.2. The summed E-state index contributed by atoms with van der Waals surface area (Å²) in [4.78, 5) is 16.8. The first-order valence-corrected chi connectivity index (χ1v) is 10.4. The summed E-state index contributed by atoms with van der Waals surface area (Å²) in [6.45, 7) is 6.58. The van der Waals surface area contributed by atoms with E-state index >= 15 is 0 Å². The zero-order valence-corrected chi connectivity index (χ0v) is 18.4. The number of halogens is 1. The van der Waals surface area contributed by atoms with Crippen LogP contribution in [-0.2, 0) is 17.8 Å². The fourth-order valence-corrected chi connectivity index (χ4v) is 3.27. The molecule has 0 saturated heterocycles. The SMILES string of the molecule is CC(C)(C)CC(=O)Nc1cccc(Cc2cc(Cl)ccc2OCc2ccccc2)n1. The lowest BCUT2D eigenvalue weighted by atomic mass is 9.92. The number of carbonyl (C=O) groups is 1. The van der Waals surface area contributed by atoms with Crippen LogP contribution in [0.2, 0.25) is 5.02 Å². The van der Waals surface area contributed by atoms with Crippen LogP contribution in [-0.4, -0.2) is 10.9 Å². The summed E-state index contributed by atoms with van der Waals surface area (Å²) in [7, 11) is 0. The lowest BCUT2D eigenvalue weighted by Crippen LogP contribution is -2.20. The van der Waals surface area contributed by atoms with Crippen molar-refractivity contribution in [2.75, 3.05) is 5.32 Å². The van der Waals surface area contributed by atoms with Gasteiger partial charge in [-0.05, 0) is 41.3 Å². The maximum atomic E-state index is 12.2. The van der Waals surface area contributed by atoms with Crippen molar-refractivity contribution in [2.24, 2.45) is 5.41 Å². The van der Waals surface area contributed by atoms with E-state index in [1.807, 2.05) is 81.4 Å². The third-order valence-electron chi connectivity index (χ3n) is 4.40. The molecule has 4 nitrogen and oxygen atoms in total. The van der Waals surface area contributed by atoms with Gasteiger partial charge in [0.2, 0.25) is 5.91 Å². The molecule has 1 aromatic heterocycles. The number of ether oxygens (including phenoxy) is 1. The van der Waals surface area contributed by atoms with Crippen molar-refractivity contribution in [1.29, 1.82) is 0 Å². The molecule has 156 valence electrons. The first kappa shape index (κ1) is 21.8. The van der Waals surface area contributed by atoms with Gasteiger partial charge in [0.05, 0.1) is 0 Å². The molecule has 0 aliphatic carbocycles. The minimum Gasteiger partial charge on any atom is -0.489 e. The number of benzene rings is 2.